The Morgan fingerprint density at radius 2 is 2.09 bits per heavy atom. The summed E-state index contributed by atoms with van der Waals surface area (Å²) in [6, 6.07) is 5.67. The Morgan fingerprint density at radius 3 is 2.70 bits per heavy atom. The first kappa shape index (κ1) is 17.1. The fourth-order valence-corrected chi connectivity index (χ4v) is 4.26. The van der Waals surface area contributed by atoms with Crippen LogP contribution in [0.1, 0.15) is 37.7 Å². The molecule has 0 spiro atoms. The van der Waals surface area contributed by atoms with Crippen LogP contribution in [0.3, 0.4) is 0 Å². The number of nitrogens with zero attached hydrogens (tertiary/aromatic N) is 1. The van der Waals surface area contributed by atoms with Crippen LogP contribution in [0.5, 0.6) is 0 Å². The minimum atomic E-state index is -0.379. The van der Waals surface area contributed by atoms with E-state index in [0.717, 1.165) is 50.9 Å². The molecule has 1 heterocycles. The van der Waals surface area contributed by atoms with Crippen molar-refractivity contribution in [3.05, 3.63) is 33.8 Å². The highest BCUT2D eigenvalue weighted by Crippen LogP contribution is 2.46. The molecule has 0 bridgehead atoms. The fraction of sp³-hybridized carbons (Fsp3) is 0.611. The summed E-state index contributed by atoms with van der Waals surface area (Å²) >= 11 is 12.2. The van der Waals surface area contributed by atoms with Gasteiger partial charge in [-0.2, -0.15) is 0 Å². The van der Waals surface area contributed by atoms with Crippen LogP contribution in [0.4, 0.5) is 0 Å². The standard InChI is InChI=1S/C18H24Cl2N2O/c1-21-11-13-4-2-9-22(12-13)17(23)18(7-3-8-18)14-5-6-15(19)16(20)10-14/h5-6,10,13,21H,2-4,7-9,11-12H2,1H3. The highest BCUT2D eigenvalue weighted by molar-refractivity contribution is 6.42. The molecule has 0 radical (unpaired) electrons. The first-order valence-electron chi connectivity index (χ1n) is 8.46. The molecule has 1 N–H and O–H groups in total. The van der Waals surface area contributed by atoms with E-state index in [1.165, 1.54) is 6.42 Å². The lowest BCUT2D eigenvalue weighted by Gasteiger charge is -2.46. The Hall–Kier alpha value is -0.770. The van der Waals surface area contributed by atoms with E-state index < -0.39 is 0 Å². The summed E-state index contributed by atoms with van der Waals surface area (Å²) in [4.78, 5) is 15.4. The van der Waals surface area contributed by atoms with Crippen molar-refractivity contribution in [2.75, 3.05) is 26.7 Å². The molecule has 1 unspecified atom stereocenters. The van der Waals surface area contributed by atoms with Crippen molar-refractivity contribution >= 4 is 29.1 Å². The predicted octanol–water partition coefficient (Wildman–Crippen LogP) is 3.87. The van der Waals surface area contributed by atoms with E-state index in [-0.39, 0.29) is 11.3 Å². The Kier molecular flexibility index (Phi) is 5.19. The van der Waals surface area contributed by atoms with Crippen molar-refractivity contribution < 1.29 is 4.79 Å². The maximum atomic E-state index is 13.3. The zero-order chi connectivity index (χ0) is 16.4. The molecule has 3 nitrogen and oxygen atoms in total. The second-order valence-corrected chi connectivity index (χ2v) is 7.70. The summed E-state index contributed by atoms with van der Waals surface area (Å²) in [6.45, 7) is 2.72. The topological polar surface area (TPSA) is 32.3 Å². The molecular weight excluding hydrogens is 331 g/mol. The van der Waals surface area contributed by atoms with Crippen LogP contribution >= 0.6 is 23.2 Å². The van der Waals surface area contributed by atoms with Gasteiger partial charge in [-0.25, -0.2) is 0 Å². The number of likely N-dealkylation sites (tertiary alicyclic amines) is 1. The van der Waals surface area contributed by atoms with Crippen molar-refractivity contribution in [2.45, 2.75) is 37.5 Å². The Balaban J connectivity index is 1.82. The Labute approximate surface area is 148 Å². The van der Waals surface area contributed by atoms with Crippen LogP contribution < -0.4 is 5.32 Å². The first-order valence-corrected chi connectivity index (χ1v) is 9.22. The zero-order valence-electron chi connectivity index (χ0n) is 13.6. The summed E-state index contributed by atoms with van der Waals surface area (Å²) in [6.07, 6.45) is 5.22. The third-order valence-corrected chi connectivity index (χ3v) is 6.13. The second kappa shape index (κ2) is 7.00. The fourth-order valence-electron chi connectivity index (χ4n) is 3.96. The maximum Gasteiger partial charge on any atom is 0.233 e. The lowest BCUT2D eigenvalue weighted by molar-refractivity contribution is -0.142. The van der Waals surface area contributed by atoms with Gasteiger partial charge in [-0.3, -0.25) is 4.79 Å². The molecule has 1 aliphatic heterocycles. The number of halogens is 2. The SMILES string of the molecule is CNCC1CCCN(C(=O)C2(c3ccc(Cl)c(Cl)c3)CCC2)C1. The molecule has 5 heteroatoms. The predicted molar refractivity (Wildman–Crippen MR) is 95.2 cm³/mol. The van der Waals surface area contributed by atoms with E-state index >= 15 is 0 Å². The van der Waals surface area contributed by atoms with Gasteiger partial charge in [-0.15, -0.1) is 0 Å². The quantitative estimate of drug-likeness (QED) is 0.889. The van der Waals surface area contributed by atoms with Crippen molar-refractivity contribution in [1.29, 1.82) is 0 Å². The van der Waals surface area contributed by atoms with Gasteiger partial charge in [0.2, 0.25) is 5.91 Å². The van der Waals surface area contributed by atoms with Crippen LogP contribution in [0.15, 0.2) is 18.2 Å². The summed E-state index contributed by atoms with van der Waals surface area (Å²) in [5.41, 5.74) is 0.648. The summed E-state index contributed by atoms with van der Waals surface area (Å²) < 4.78 is 0. The van der Waals surface area contributed by atoms with Gasteiger partial charge >= 0.3 is 0 Å². The van der Waals surface area contributed by atoms with E-state index in [2.05, 4.69) is 10.2 Å². The molecular formula is C18H24Cl2N2O. The normalized spacial score (nSPS) is 23.4. The molecule has 0 aromatic heterocycles. The van der Waals surface area contributed by atoms with Crippen LogP contribution in [0.25, 0.3) is 0 Å². The summed E-state index contributed by atoms with van der Waals surface area (Å²) in [5.74, 6) is 0.839. The van der Waals surface area contributed by atoms with E-state index in [1.807, 2.05) is 25.2 Å². The number of benzene rings is 1. The number of carbonyl (C=O) groups excluding carboxylic acids is 1. The maximum absolute atomic E-state index is 13.3. The van der Waals surface area contributed by atoms with Gasteiger partial charge in [-0.05, 0) is 62.9 Å². The van der Waals surface area contributed by atoms with Crippen molar-refractivity contribution in [3.8, 4) is 0 Å². The molecule has 1 saturated carbocycles. The number of rotatable bonds is 4. The van der Waals surface area contributed by atoms with Crippen LogP contribution in [0, 0.1) is 5.92 Å². The van der Waals surface area contributed by atoms with Crippen LogP contribution in [-0.2, 0) is 10.2 Å². The Morgan fingerprint density at radius 1 is 1.30 bits per heavy atom. The molecule has 1 amide bonds. The molecule has 2 fully saturated rings. The van der Waals surface area contributed by atoms with E-state index in [1.54, 1.807) is 0 Å². The average molecular weight is 355 g/mol. The molecule has 1 saturated heterocycles. The summed E-state index contributed by atoms with van der Waals surface area (Å²) in [7, 11) is 1.98. The lowest BCUT2D eigenvalue weighted by atomic mass is 9.63. The summed E-state index contributed by atoms with van der Waals surface area (Å²) in [5, 5.41) is 4.32. The van der Waals surface area contributed by atoms with Crippen LogP contribution in [0.2, 0.25) is 10.0 Å². The van der Waals surface area contributed by atoms with Gasteiger partial charge in [-0.1, -0.05) is 35.7 Å². The zero-order valence-corrected chi connectivity index (χ0v) is 15.1. The van der Waals surface area contributed by atoms with E-state index in [9.17, 15) is 4.79 Å². The number of piperidine rings is 1. The van der Waals surface area contributed by atoms with Crippen LogP contribution in [-0.4, -0.2) is 37.5 Å². The lowest BCUT2D eigenvalue weighted by Crippen LogP contribution is -2.54. The van der Waals surface area contributed by atoms with Crippen molar-refractivity contribution in [1.82, 2.24) is 10.2 Å². The number of hydrogen-bond acceptors (Lipinski definition) is 2. The number of hydrogen-bond donors (Lipinski definition) is 1. The van der Waals surface area contributed by atoms with E-state index in [4.69, 9.17) is 23.2 Å². The number of amides is 1. The van der Waals surface area contributed by atoms with Gasteiger partial charge in [0.25, 0.3) is 0 Å². The van der Waals surface area contributed by atoms with Gasteiger partial charge < -0.3 is 10.2 Å². The molecule has 126 valence electrons. The third kappa shape index (κ3) is 3.24. The average Bonchev–Trinajstić information content (AvgIpc) is 2.50. The highest BCUT2D eigenvalue weighted by atomic mass is 35.5. The molecule has 1 atom stereocenters. The largest absolute Gasteiger partial charge is 0.342 e. The number of nitrogens with one attached hydrogen (secondary N) is 1. The van der Waals surface area contributed by atoms with Gasteiger partial charge in [0.15, 0.2) is 0 Å². The van der Waals surface area contributed by atoms with Crippen molar-refractivity contribution in [3.63, 3.8) is 0 Å². The molecule has 1 aromatic carbocycles. The second-order valence-electron chi connectivity index (χ2n) is 6.88. The highest BCUT2D eigenvalue weighted by Gasteiger charge is 2.48. The molecule has 23 heavy (non-hydrogen) atoms. The molecule has 1 aliphatic carbocycles. The third-order valence-electron chi connectivity index (χ3n) is 5.39. The molecule has 3 rings (SSSR count). The number of carbonyl (C=O) groups is 1. The minimum Gasteiger partial charge on any atom is -0.342 e. The monoisotopic (exact) mass is 354 g/mol. The Bertz CT molecular complexity index is 584. The first-order chi connectivity index (χ1) is 11.1. The molecule has 1 aromatic rings. The van der Waals surface area contributed by atoms with Gasteiger partial charge in [0.05, 0.1) is 15.5 Å². The van der Waals surface area contributed by atoms with Gasteiger partial charge in [0.1, 0.15) is 0 Å². The van der Waals surface area contributed by atoms with Crippen molar-refractivity contribution in [2.24, 2.45) is 5.92 Å². The minimum absolute atomic E-state index is 0.281. The van der Waals surface area contributed by atoms with E-state index in [0.29, 0.717) is 16.0 Å². The molecule has 2 aliphatic rings. The smallest absolute Gasteiger partial charge is 0.233 e. The van der Waals surface area contributed by atoms with Gasteiger partial charge in [0, 0.05) is 13.1 Å².